The molecule has 0 aliphatic carbocycles. The van der Waals surface area contributed by atoms with Crippen molar-refractivity contribution in [2.75, 3.05) is 12.4 Å². The second-order valence-corrected chi connectivity index (χ2v) is 8.23. The van der Waals surface area contributed by atoms with Gasteiger partial charge in [-0.1, -0.05) is 12.1 Å². The Labute approximate surface area is 209 Å². The zero-order chi connectivity index (χ0) is 26.2. The lowest BCUT2D eigenvalue weighted by Gasteiger charge is -2.15. The molecule has 0 unspecified atom stereocenters. The molecule has 7 nitrogen and oxygen atoms in total. The van der Waals surface area contributed by atoms with Gasteiger partial charge in [-0.25, -0.2) is 4.68 Å². The van der Waals surface area contributed by atoms with Crippen molar-refractivity contribution in [1.29, 1.82) is 0 Å². The maximum Gasteiger partial charge on any atom is 0.418 e. The molecule has 2 aromatic carbocycles. The number of halogens is 3. The topological polar surface area (TPSA) is 81.9 Å². The van der Waals surface area contributed by atoms with Crippen LogP contribution in [-0.2, 0) is 6.18 Å². The number of fused-ring (bicyclic) bond motifs is 1. The van der Waals surface area contributed by atoms with Gasteiger partial charge < -0.3 is 10.1 Å². The average molecular weight is 503 g/mol. The number of pyridine rings is 2. The Kier molecular flexibility index (Phi) is 6.08. The van der Waals surface area contributed by atoms with Gasteiger partial charge in [-0.3, -0.25) is 14.8 Å². The Morgan fingerprint density at radius 2 is 1.81 bits per heavy atom. The lowest BCUT2D eigenvalue weighted by Crippen LogP contribution is -2.13. The molecule has 0 radical (unpaired) electrons. The lowest BCUT2D eigenvalue weighted by molar-refractivity contribution is -0.136. The van der Waals surface area contributed by atoms with Gasteiger partial charge in [0, 0.05) is 34.7 Å². The van der Waals surface area contributed by atoms with E-state index >= 15 is 0 Å². The number of nitrogens with one attached hydrogen (secondary N) is 1. The van der Waals surface area contributed by atoms with E-state index in [1.54, 1.807) is 81.0 Å². The minimum Gasteiger partial charge on any atom is -0.497 e. The molecule has 5 aromatic rings. The predicted octanol–water partition coefficient (Wildman–Crippen LogP) is 6.07. The molecule has 186 valence electrons. The molecule has 1 N–H and O–H groups in total. The van der Waals surface area contributed by atoms with Gasteiger partial charge in [0.25, 0.3) is 5.91 Å². The van der Waals surface area contributed by atoms with Gasteiger partial charge in [0.05, 0.1) is 29.6 Å². The molecule has 0 bridgehead atoms. The van der Waals surface area contributed by atoms with Crippen molar-refractivity contribution in [1.82, 2.24) is 19.7 Å². The number of para-hydroxylation sites is 1. The van der Waals surface area contributed by atoms with Crippen LogP contribution in [0.2, 0.25) is 0 Å². The van der Waals surface area contributed by atoms with Gasteiger partial charge in [0.15, 0.2) is 5.69 Å². The molecular formula is C27H20F3N5O2. The minimum absolute atomic E-state index is 0.0734. The summed E-state index contributed by atoms with van der Waals surface area (Å²) in [6, 6.07) is 17.4. The molecule has 3 aromatic heterocycles. The largest absolute Gasteiger partial charge is 0.497 e. The lowest BCUT2D eigenvalue weighted by atomic mass is 10.1. The fourth-order valence-corrected chi connectivity index (χ4v) is 4.02. The maximum absolute atomic E-state index is 13.8. The van der Waals surface area contributed by atoms with Crippen LogP contribution in [0.25, 0.3) is 27.8 Å². The van der Waals surface area contributed by atoms with Crippen LogP contribution >= 0.6 is 0 Å². The van der Waals surface area contributed by atoms with Crippen LogP contribution in [0, 0.1) is 6.92 Å². The smallest absolute Gasteiger partial charge is 0.418 e. The third-order valence-electron chi connectivity index (χ3n) is 5.73. The Balaban J connectivity index is 1.67. The highest BCUT2D eigenvalue weighted by atomic mass is 19.4. The Morgan fingerprint density at radius 3 is 2.49 bits per heavy atom. The van der Waals surface area contributed by atoms with Gasteiger partial charge in [-0.15, -0.1) is 0 Å². The summed E-state index contributed by atoms with van der Waals surface area (Å²) in [6.45, 7) is 1.61. The highest BCUT2D eigenvalue weighted by molar-refractivity contribution is 6.03. The summed E-state index contributed by atoms with van der Waals surface area (Å²) in [6.07, 6.45) is -1.39. The molecule has 3 heterocycles. The number of aryl methyl sites for hydroxylation is 1. The van der Waals surface area contributed by atoms with Crippen molar-refractivity contribution in [2.24, 2.45) is 0 Å². The van der Waals surface area contributed by atoms with E-state index in [1.807, 2.05) is 0 Å². The summed E-state index contributed by atoms with van der Waals surface area (Å²) in [5, 5.41) is 7.54. The Hall–Kier alpha value is -4.73. The summed E-state index contributed by atoms with van der Waals surface area (Å²) in [5.41, 5.74) is 1.41. The summed E-state index contributed by atoms with van der Waals surface area (Å²) < 4.78 is 47.9. The number of nitrogens with zero attached hydrogens (tertiary/aromatic N) is 4. The number of anilines is 1. The number of amides is 1. The number of hydrogen-bond donors (Lipinski definition) is 1. The first-order valence-corrected chi connectivity index (χ1v) is 11.2. The number of rotatable bonds is 5. The van der Waals surface area contributed by atoms with Gasteiger partial charge >= 0.3 is 6.18 Å². The van der Waals surface area contributed by atoms with Crippen LogP contribution in [0.5, 0.6) is 5.75 Å². The van der Waals surface area contributed by atoms with E-state index < -0.39 is 17.6 Å². The summed E-state index contributed by atoms with van der Waals surface area (Å²) in [7, 11) is 1.54. The highest BCUT2D eigenvalue weighted by Crippen LogP contribution is 2.36. The quantitative estimate of drug-likeness (QED) is 0.315. The first kappa shape index (κ1) is 24.0. The number of ether oxygens (including phenoxy) is 1. The second kappa shape index (κ2) is 9.38. The van der Waals surface area contributed by atoms with Crippen LogP contribution in [0.15, 0.2) is 79.1 Å². The second-order valence-electron chi connectivity index (χ2n) is 8.23. The van der Waals surface area contributed by atoms with Crippen LogP contribution in [-0.4, -0.2) is 32.8 Å². The number of methoxy groups -OCH3 is 1. The average Bonchev–Trinajstić information content (AvgIpc) is 3.34. The third-order valence-corrected chi connectivity index (χ3v) is 5.73. The SMILES string of the molecule is COc1ccc(NC(=O)c2cc(-c3cccnc3)n(-c3cc(C)nc4c(C(F)(F)F)cccc34)n2)cc1. The predicted molar refractivity (Wildman–Crippen MR) is 133 cm³/mol. The standard InChI is InChI=1S/C27H20F3N5O2/c1-16-13-24(20-6-3-7-21(25(20)32-16)27(28,29)30)35-23(17-5-4-12-31-15-17)14-22(34-35)26(36)33-18-8-10-19(37-2)11-9-18/h3-15H,1-2H3,(H,33,36). The van der Waals surface area contributed by atoms with Gasteiger partial charge in [0.2, 0.25) is 0 Å². The maximum atomic E-state index is 13.8. The third kappa shape index (κ3) is 4.73. The summed E-state index contributed by atoms with van der Waals surface area (Å²) in [4.78, 5) is 21.4. The Bertz CT molecular complexity index is 1600. The zero-order valence-electron chi connectivity index (χ0n) is 19.7. The van der Waals surface area contributed by atoms with Crippen molar-refractivity contribution in [3.63, 3.8) is 0 Å². The van der Waals surface area contributed by atoms with Crippen LogP contribution in [0.1, 0.15) is 21.7 Å². The molecule has 0 saturated heterocycles. The van der Waals surface area contributed by atoms with E-state index in [0.717, 1.165) is 6.07 Å². The minimum atomic E-state index is -4.59. The summed E-state index contributed by atoms with van der Waals surface area (Å²) in [5.74, 6) is 0.152. The van der Waals surface area contributed by atoms with Crippen molar-refractivity contribution < 1.29 is 22.7 Å². The molecule has 37 heavy (non-hydrogen) atoms. The van der Waals surface area contributed by atoms with Gasteiger partial charge in [-0.05, 0) is 61.5 Å². The van der Waals surface area contributed by atoms with E-state index in [-0.39, 0.29) is 16.6 Å². The van der Waals surface area contributed by atoms with Gasteiger partial charge in [0.1, 0.15) is 5.75 Å². The fourth-order valence-electron chi connectivity index (χ4n) is 4.02. The van der Waals surface area contributed by atoms with Crippen LogP contribution in [0.4, 0.5) is 18.9 Å². The number of benzene rings is 2. The van der Waals surface area contributed by atoms with Crippen molar-refractivity contribution in [3.05, 3.63) is 96.1 Å². The molecule has 1 amide bonds. The molecule has 0 fully saturated rings. The normalized spacial score (nSPS) is 11.5. The molecule has 10 heteroatoms. The van der Waals surface area contributed by atoms with Crippen molar-refractivity contribution in [3.8, 4) is 22.7 Å². The molecule has 0 saturated carbocycles. The van der Waals surface area contributed by atoms with Crippen LogP contribution in [0.3, 0.4) is 0 Å². The summed E-state index contributed by atoms with van der Waals surface area (Å²) >= 11 is 0. The highest BCUT2D eigenvalue weighted by Gasteiger charge is 2.34. The molecule has 0 spiro atoms. The van der Waals surface area contributed by atoms with Crippen LogP contribution < -0.4 is 10.1 Å². The molecule has 0 aliphatic heterocycles. The molecule has 0 aliphatic rings. The first-order valence-electron chi connectivity index (χ1n) is 11.2. The van der Waals surface area contributed by atoms with E-state index in [9.17, 15) is 18.0 Å². The van der Waals surface area contributed by atoms with E-state index in [2.05, 4.69) is 20.4 Å². The van der Waals surface area contributed by atoms with Crippen molar-refractivity contribution in [2.45, 2.75) is 13.1 Å². The fraction of sp³-hybridized carbons (Fsp3) is 0.111. The zero-order valence-corrected chi connectivity index (χ0v) is 19.7. The Morgan fingerprint density at radius 1 is 1.03 bits per heavy atom. The van der Waals surface area contributed by atoms with Gasteiger partial charge in [-0.2, -0.15) is 18.3 Å². The van der Waals surface area contributed by atoms with E-state index in [0.29, 0.717) is 34.1 Å². The van der Waals surface area contributed by atoms with E-state index in [1.165, 1.54) is 10.7 Å². The molecule has 0 atom stereocenters. The number of aromatic nitrogens is 4. The van der Waals surface area contributed by atoms with E-state index in [4.69, 9.17) is 4.74 Å². The number of alkyl halides is 3. The number of hydrogen-bond acceptors (Lipinski definition) is 5. The number of carbonyl (C=O) groups is 1. The molecule has 5 rings (SSSR count). The number of carbonyl (C=O) groups excluding carboxylic acids is 1. The molecular weight excluding hydrogens is 483 g/mol. The first-order chi connectivity index (χ1) is 17.7. The van der Waals surface area contributed by atoms with Crippen molar-refractivity contribution >= 4 is 22.5 Å². The monoisotopic (exact) mass is 503 g/mol.